The maximum Gasteiger partial charge on any atom is 0.244 e. The van der Waals surface area contributed by atoms with Crippen molar-refractivity contribution in [2.24, 2.45) is 0 Å². The van der Waals surface area contributed by atoms with Gasteiger partial charge in [0.05, 0.1) is 6.61 Å². The van der Waals surface area contributed by atoms with Crippen LogP contribution < -0.4 is 14.4 Å². The van der Waals surface area contributed by atoms with Crippen molar-refractivity contribution in [2.75, 3.05) is 24.6 Å². The molecular weight excluding hydrogens is 358 g/mol. The predicted octanol–water partition coefficient (Wildman–Crippen LogP) is 2.80. The summed E-state index contributed by atoms with van der Waals surface area (Å²) in [5.74, 6) is 0.392. The van der Waals surface area contributed by atoms with Gasteiger partial charge in [0.2, 0.25) is 10.0 Å². The van der Waals surface area contributed by atoms with Crippen molar-refractivity contribution in [1.29, 1.82) is 0 Å². The predicted molar refractivity (Wildman–Crippen MR) is 100 cm³/mol. The smallest absolute Gasteiger partial charge is 0.244 e. The first-order valence-electron chi connectivity index (χ1n) is 8.40. The molecule has 8 heteroatoms. The Kier molecular flexibility index (Phi) is 5.61. The van der Waals surface area contributed by atoms with Crippen LogP contribution in [0.3, 0.4) is 0 Å². The average molecular weight is 382 g/mol. The third-order valence-electron chi connectivity index (χ3n) is 4.24. The van der Waals surface area contributed by atoms with Crippen molar-refractivity contribution in [3.8, 4) is 5.75 Å². The van der Waals surface area contributed by atoms with E-state index in [1.807, 2.05) is 25.3 Å². The maximum absolute atomic E-state index is 12.8. The van der Waals surface area contributed by atoms with E-state index >= 15 is 0 Å². The van der Waals surface area contributed by atoms with Gasteiger partial charge >= 0.3 is 0 Å². The molecule has 0 amide bonds. The highest BCUT2D eigenvalue weighted by Gasteiger charge is 2.28. The Morgan fingerprint density at radius 2 is 2.28 bits per heavy atom. The SMILES string of the molecule is CCOc1ccc(C)cc1S(=O)(=O)NCC1CCCN1c1nccs1. The van der Waals surface area contributed by atoms with Crippen LogP contribution in [0.4, 0.5) is 5.13 Å². The topological polar surface area (TPSA) is 71.5 Å². The maximum atomic E-state index is 12.8. The molecule has 2 heterocycles. The molecule has 3 rings (SSSR count). The van der Waals surface area contributed by atoms with Crippen LogP contribution in [-0.2, 0) is 10.0 Å². The largest absolute Gasteiger partial charge is 0.492 e. The average Bonchev–Trinajstić information content (AvgIpc) is 3.25. The lowest BCUT2D eigenvalue weighted by atomic mass is 10.2. The number of hydrogen-bond donors (Lipinski definition) is 1. The number of sulfonamides is 1. The van der Waals surface area contributed by atoms with Crippen molar-refractivity contribution in [2.45, 2.75) is 37.6 Å². The van der Waals surface area contributed by atoms with E-state index in [-0.39, 0.29) is 10.9 Å². The molecule has 1 atom stereocenters. The number of anilines is 1. The number of nitrogens with one attached hydrogen (secondary N) is 1. The molecule has 1 aliphatic rings. The number of thiazole rings is 1. The Hall–Kier alpha value is -1.64. The van der Waals surface area contributed by atoms with Crippen LogP contribution in [0, 0.1) is 6.92 Å². The fourth-order valence-electron chi connectivity index (χ4n) is 3.04. The van der Waals surface area contributed by atoms with Gasteiger partial charge in [0.25, 0.3) is 0 Å². The van der Waals surface area contributed by atoms with Crippen molar-refractivity contribution < 1.29 is 13.2 Å². The second-order valence-electron chi connectivity index (χ2n) is 6.04. The Labute approximate surface area is 152 Å². The molecule has 1 fully saturated rings. The van der Waals surface area contributed by atoms with Crippen LogP contribution in [-0.4, -0.2) is 39.1 Å². The summed E-state index contributed by atoms with van der Waals surface area (Å²) in [5, 5.41) is 2.89. The van der Waals surface area contributed by atoms with Gasteiger partial charge in [-0.3, -0.25) is 0 Å². The molecule has 0 aliphatic carbocycles. The van der Waals surface area contributed by atoms with Gasteiger partial charge in [-0.2, -0.15) is 0 Å². The van der Waals surface area contributed by atoms with Gasteiger partial charge in [-0.1, -0.05) is 6.07 Å². The van der Waals surface area contributed by atoms with Crippen LogP contribution in [0.2, 0.25) is 0 Å². The molecule has 1 aliphatic heterocycles. The van der Waals surface area contributed by atoms with Crippen molar-refractivity contribution >= 4 is 26.5 Å². The highest BCUT2D eigenvalue weighted by atomic mass is 32.2. The Balaban J connectivity index is 1.75. The Bertz CT molecular complexity index is 807. The summed E-state index contributed by atoms with van der Waals surface area (Å²) in [5.41, 5.74) is 0.883. The number of nitrogens with zero attached hydrogens (tertiary/aromatic N) is 2. The van der Waals surface area contributed by atoms with E-state index in [0.29, 0.717) is 18.9 Å². The molecule has 0 spiro atoms. The number of aryl methyl sites for hydroxylation is 1. The minimum atomic E-state index is -3.63. The number of ether oxygens (including phenoxy) is 1. The highest BCUT2D eigenvalue weighted by molar-refractivity contribution is 7.89. The molecule has 1 N–H and O–H groups in total. The van der Waals surface area contributed by atoms with E-state index in [9.17, 15) is 8.42 Å². The zero-order valence-electron chi connectivity index (χ0n) is 14.4. The number of hydrogen-bond acceptors (Lipinski definition) is 6. The minimum absolute atomic E-state index is 0.126. The molecule has 25 heavy (non-hydrogen) atoms. The second kappa shape index (κ2) is 7.72. The molecule has 1 unspecified atom stereocenters. The lowest BCUT2D eigenvalue weighted by Crippen LogP contribution is -2.40. The first-order valence-corrected chi connectivity index (χ1v) is 10.8. The third-order valence-corrected chi connectivity index (χ3v) is 6.49. The van der Waals surface area contributed by atoms with Gasteiger partial charge in [0.15, 0.2) is 5.13 Å². The van der Waals surface area contributed by atoms with E-state index in [0.717, 1.165) is 30.1 Å². The van der Waals surface area contributed by atoms with Crippen molar-refractivity contribution in [1.82, 2.24) is 9.71 Å². The number of aromatic nitrogens is 1. The fraction of sp³-hybridized carbons (Fsp3) is 0.471. The van der Waals surface area contributed by atoms with E-state index in [4.69, 9.17) is 4.74 Å². The fourth-order valence-corrected chi connectivity index (χ4v) is 5.08. The van der Waals surface area contributed by atoms with E-state index in [1.165, 1.54) is 0 Å². The van der Waals surface area contributed by atoms with Crippen LogP contribution in [0.15, 0.2) is 34.7 Å². The van der Waals surface area contributed by atoms with Crippen molar-refractivity contribution in [3.63, 3.8) is 0 Å². The summed E-state index contributed by atoms with van der Waals surface area (Å²) in [6, 6.07) is 5.35. The Morgan fingerprint density at radius 3 is 3.00 bits per heavy atom. The van der Waals surface area contributed by atoms with Crippen LogP contribution in [0.5, 0.6) is 5.75 Å². The zero-order valence-corrected chi connectivity index (χ0v) is 16.1. The molecule has 0 bridgehead atoms. The molecule has 136 valence electrons. The van der Waals surface area contributed by atoms with E-state index in [1.54, 1.807) is 29.7 Å². The summed E-state index contributed by atoms with van der Waals surface area (Å²) in [6.45, 7) is 5.41. The molecular formula is C17H23N3O3S2. The van der Waals surface area contributed by atoms with E-state index < -0.39 is 10.0 Å². The zero-order chi connectivity index (χ0) is 17.9. The van der Waals surface area contributed by atoms with Crippen LogP contribution in [0.1, 0.15) is 25.3 Å². The van der Waals surface area contributed by atoms with Crippen LogP contribution in [0.25, 0.3) is 0 Å². The first-order chi connectivity index (χ1) is 12.0. The van der Waals surface area contributed by atoms with E-state index in [2.05, 4.69) is 14.6 Å². The van der Waals surface area contributed by atoms with Gasteiger partial charge in [0, 0.05) is 30.7 Å². The van der Waals surface area contributed by atoms with Gasteiger partial charge in [-0.05, 0) is 44.4 Å². The second-order valence-corrected chi connectivity index (χ2v) is 8.65. The quantitative estimate of drug-likeness (QED) is 0.798. The summed E-state index contributed by atoms with van der Waals surface area (Å²) in [6.07, 6.45) is 3.77. The monoisotopic (exact) mass is 381 g/mol. The van der Waals surface area contributed by atoms with Gasteiger partial charge < -0.3 is 9.64 Å². The molecule has 0 saturated carbocycles. The summed E-state index contributed by atoms with van der Waals surface area (Å²) in [4.78, 5) is 6.74. The minimum Gasteiger partial charge on any atom is -0.492 e. The summed E-state index contributed by atoms with van der Waals surface area (Å²) < 4.78 is 33.9. The van der Waals surface area contributed by atoms with Gasteiger partial charge in [0.1, 0.15) is 10.6 Å². The van der Waals surface area contributed by atoms with Gasteiger partial charge in [-0.25, -0.2) is 18.1 Å². The molecule has 1 aromatic carbocycles. The van der Waals surface area contributed by atoms with Crippen molar-refractivity contribution in [3.05, 3.63) is 35.3 Å². The molecule has 1 aromatic heterocycles. The van der Waals surface area contributed by atoms with Crippen LogP contribution >= 0.6 is 11.3 Å². The molecule has 2 aromatic rings. The molecule has 6 nitrogen and oxygen atoms in total. The summed E-state index contributed by atoms with van der Waals surface area (Å²) >= 11 is 1.58. The number of rotatable bonds is 7. The molecule has 0 radical (unpaired) electrons. The highest BCUT2D eigenvalue weighted by Crippen LogP contribution is 2.28. The lowest BCUT2D eigenvalue weighted by molar-refractivity contribution is 0.331. The standard InChI is InChI=1S/C17H23N3O3S2/c1-3-23-15-7-6-13(2)11-16(15)25(21,22)19-12-14-5-4-9-20(14)17-18-8-10-24-17/h6-8,10-11,14,19H,3-5,9,12H2,1-2H3. The number of benzene rings is 1. The first kappa shape index (κ1) is 18.2. The Morgan fingerprint density at radius 1 is 1.44 bits per heavy atom. The van der Waals surface area contributed by atoms with Gasteiger partial charge in [-0.15, -0.1) is 11.3 Å². The lowest BCUT2D eigenvalue weighted by Gasteiger charge is -2.24. The third kappa shape index (κ3) is 4.13. The summed E-state index contributed by atoms with van der Waals surface area (Å²) in [7, 11) is -3.63. The normalized spacial score (nSPS) is 17.8. The molecule has 1 saturated heterocycles.